The van der Waals surface area contributed by atoms with E-state index in [1.165, 1.54) is 12.1 Å². The van der Waals surface area contributed by atoms with Crippen molar-refractivity contribution in [3.63, 3.8) is 0 Å². The summed E-state index contributed by atoms with van der Waals surface area (Å²) in [6, 6.07) is 6.35. The van der Waals surface area contributed by atoms with Crippen LogP contribution in [-0.4, -0.2) is 4.98 Å². The number of anilines is 1. The minimum atomic E-state index is -0.296. The van der Waals surface area contributed by atoms with E-state index in [1.807, 2.05) is 18.3 Å². The summed E-state index contributed by atoms with van der Waals surface area (Å²) < 4.78 is 13.2. The molecule has 0 aliphatic heterocycles. The summed E-state index contributed by atoms with van der Waals surface area (Å²) >= 11 is 0. The quantitative estimate of drug-likeness (QED) is 0.657. The highest BCUT2D eigenvalue weighted by Gasteiger charge is 2.05. The smallest absolute Gasteiger partial charge is 0.123 e. The molecule has 0 saturated heterocycles. The van der Waals surface area contributed by atoms with Gasteiger partial charge in [-0.05, 0) is 42.7 Å². The first kappa shape index (κ1) is 12.3. The zero-order chi connectivity index (χ0) is 13.0. The molecule has 0 aliphatic carbocycles. The lowest BCUT2D eigenvalue weighted by atomic mass is 10.0. The number of pyridine rings is 1. The standard InChI is InChI=1S/C15H15FN2/c1-2-3-4-11-7-12(10-18-9-11)14-8-13(16)5-6-15(14)17/h2,5-10H,1,3-4,17H2. The van der Waals surface area contributed by atoms with E-state index in [0.29, 0.717) is 11.3 Å². The number of rotatable bonds is 4. The van der Waals surface area contributed by atoms with Crippen LogP contribution in [0.3, 0.4) is 0 Å². The Hall–Kier alpha value is -2.16. The molecule has 0 aliphatic rings. The second-order valence-corrected chi connectivity index (χ2v) is 4.14. The van der Waals surface area contributed by atoms with Gasteiger partial charge < -0.3 is 5.73 Å². The van der Waals surface area contributed by atoms with Crippen molar-refractivity contribution in [3.05, 3.63) is 60.7 Å². The zero-order valence-electron chi connectivity index (χ0n) is 10.1. The lowest BCUT2D eigenvalue weighted by molar-refractivity contribution is 0.628. The van der Waals surface area contributed by atoms with Crippen molar-refractivity contribution < 1.29 is 4.39 Å². The van der Waals surface area contributed by atoms with Gasteiger partial charge in [0.2, 0.25) is 0 Å². The molecule has 2 aromatic rings. The first-order valence-corrected chi connectivity index (χ1v) is 5.81. The fourth-order valence-electron chi connectivity index (χ4n) is 1.82. The van der Waals surface area contributed by atoms with Crippen molar-refractivity contribution in [3.8, 4) is 11.1 Å². The van der Waals surface area contributed by atoms with Crippen LogP contribution in [0.4, 0.5) is 10.1 Å². The number of halogens is 1. The second kappa shape index (κ2) is 5.45. The van der Waals surface area contributed by atoms with Crippen LogP contribution in [0.25, 0.3) is 11.1 Å². The first-order chi connectivity index (χ1) is 8.70. The molecule has 1 heterocycles. The third-order valence-corrected chi connectivity index (χ3v) is 2.76. The Kier molecular flexibility index (Phi) is 3.72. The van der Waals surface area contributed by atoms with Gasteiger partial charge in [-0.3, -0.25) is 4.98 Å². The Labute approximate surface area is 106 Å². The number of nitrogens with zero attached hydrogens (tertiary/aromatic N) is 1. The van der Waals surface area contributed by atoms with E-state index >= 15 is 0 Å². The fraction of sp³-hybridized carbons (Fsp3) is 0.133. The highest BCUT2D eigenvalue weighted by Crippen LogP contribution is 2.26. The van der Waals surface area contributed by atoms with Crippen LogP contribution < -0.4 is 5.73 Å². The zero-order valence-corrected chi connectivity index (χ0v) is 10.1. The van der Waals surface area contributed by atoms with Crippen LogP contribution in [-0.2, 0) is 6.42 Å². The number of hydrogen-bond donors (Lipinski definition) is 1. The molecule has 18 heavy (non-hydrogen) atoms. The van der Waals surface area contributed by atoms with Gasteiger partial charge in [-0.25, -0.2) is 4.39 Å². The van der Waals surface area contributed by atoms with Crippen molar-refractivity contribution in [2.75, 3.05) is 5.73 Å². The molecule has 0 radical (unpaired) electrons. The van der Waals surface area contributed by atoms with Gasteiger partial charge in [0.15, 0.2) is 0 Å². The largest absolute Gasteiger partial charge is 0.398 e. The molecule has 2 N–H and O–H groups in total. The van der Waals surface area contributed by atoms with Gasteiger partial charge in [0.05, 0.1) is 0 Å². The molecule has 1 aromatic carbocycles. The monoisotopic (exact) mass is 242 g/mol. The molecule has 0 spiro atoms. The molecule has 0 atom stereocenters. The van der Waals surface area contributed by atoms with Crippen LogP contribution >= 0.6 is 0 Å². The average molecular weight is 242 g/mol. The second-order valence-electron chi connectivity index (χ2n) is 4.14. The molecule has 0 unspecified atom stereocenters. The van der Waals surface area contributed by atoms with Crippen molar-refractivity contribution in [2.45, 2.75) is 12.8 Å². The number of hydrogen-bond acceptors (Lipinski definition) is 2. The third-order valence-electron chi connectivity index (χ3n) is 2.76. The third kappa shape index (κ3) is 2.74. The molecule has 92 valence electrons. The van der Waals surface area contributed by atoms with Gasteiger partial charge in [0.25, 0.3) is 0 Å². The van der Waals surface area contributed by atoms with Crippen molar-refractivity contribution in [1.29, 1.82) is 0 Å². The number of allylic oxidation sites excluding steroid dienone is 1. The van der Waals surface area contributed by atoms with E-state index in [-0.39, 0.29) is 5.82 Å². The van der Waals surface area contributed by atoms with Crippen LogP contribution in [0.15, 0.2) is 49.3 Å². The van der Waals surface area contributed by atoms with Crippen LogP contribution in [0.2, 0.25) is 0 Å². The molecular weight excluding hydrogens is 227 g/mol. The fourth-order valence-corrected chi connectivity index (χ4v) is 1.82. The predicted octanol–water partition coefficient (Wildman–Crippen LogP) is 3.59. The van der Waals surface area contributed by atoms with Crippen LogP contribution in [0.5, 0.6) is 0 Å². The topological polar surface area (TPSA) is 38.9 Å². The molecule has 0 bridgehead atoms. The molecule has 0 fully saturated rings. The van der Waals surface area contributed by atoms with E-state index in [9.17, 15) is 4.39 Å². The van der Waals surface area contributed by atoms with Crippen molar-refractivity contribution >= 4 is 5.69 Å². The van der Waals surface area contributed by atoms with E-state index in [2.05, 4.69) is 11.6 Å². The molecule has 0 saturated carbocycles. The van der Waals surface area contributed by atoms with E-state index in [0.717, 1.165) is 24.0 Å². The van der Waals surface area contributed by atoms with Crippen LogP contribution in [0.1, 0.15) is 12.0 Å². The summed E-state index contributed by atoms with van der Waals surface area (Å²) in [5.74, 6) is -0.296. The first-order valence-electron chi connectivity index (χ1n) is 5.81. The number of aromatic nitrogens is 1. The van der Waals surface area contributed by atoms with Gasteiger partial charge in [-0.2, -0.15) is 0 Å². The summed E-state index contributed by atoms with van der Waals surface area (Å²) in [5.41, 5.74) is 9.03. The summed E-state index contributed by atoms with van der Waals surface area (Å²) in [6.45, 7) is 3.69. The van der Waals surface area contributed by atoms with Gasteiger partial charge >= 0.3 is 0 Å². The summed E-state index contributed by atoms with van der Waals surface area (Å²) in [5, 5.41) is 0. The Balaban J connectivity index is 2.37. The SMILES string of the molecule is C=CCCc1cncc(-c2cc(F)ccc2N)c1. The Morgan fingerprint density at radius 2 is 2.11 bits per heavy atom. The normalized spacial score (nSPS) is 10.3. The lowest BCUT2D eigenvalue weighted by Gasteiger charge is -2.07. The summed E-state index contributed by atoms with van der Waals surface area (Å²) in [7, 11) is 0. The van der Waals surface area contributed by atoms with Gasteiger partial charge in [-0.15, -0.1) is 6.58 Å². The number of nitrogens with two attached hydrogens (primary N) is 1. The predicted molar refractivity (Wildman–Crippen MR) is 72.6 cm³/mol. The average Bonchev–Trinajstić information content (AvgIpc) is 2.39. The van der Waals surface area contributed by atoms with Gasteiger partial charge in [-0.1, -0.05) is 6.08 Å². The molecule has 2 nitrogen and oxygen atoms in total. The highest BCUT2D eigenvalue weighted by atomic mass is 19.1. The van der Waals surface area contributed by atoms with Crippen molar-refractivity contribution in [2.24, 2.45) is 0 Å². The maximum absolute atomic E-state index is 13.2. The van der Waals surface area contributed by atoms with E-state index in [4.69, 9.17) is 5.73 Å². The molecular formula is C15H15FN2. The van der Waals surface area contributed by atoms with Crippen LogP contribution in [0, 0.1) is 5.82 Å². The minimum absolute atomic E-state index is 0.296. The Bertz CT molecular complexity index is 564. The number of aryl methyl sites for hydroxylation is 1. The lowest BCUT2D eigenvalue weighted by Crippen LogP contribution is -1.93. The molecule has 0 amide bonds. The maximum atomic E-state index is 13.2. The minimum Gasteiger partial charge on any atom is -0.398 e. The molecule has 3 heteroatoms. The highest BCUT2D eigenvalue weighted by molar-refractivity contribution is 5.75. The summed E-state index contributed by atoms with van der Waals surface area (Å²) in [4.78, 5) is 4.17. The molecule has 2 rings (SSSR count). The number of nitrogen functional groups attached to an aromatic ring is 1. The number of benzene rings is 1. The maximum Gasteiger partial charge on any atom is 0.123 e. The van der Waals surface area contributed by atoms with E-state index < -0.39 is 0 Å². The Morgan fingerprint density at radius 1 is 1.28 bits per heavy atom. The van der Waals surface area contributed by atoms with Gasteiger partial charge in [0, 0.05) is 29.2 Å². The van der Waals surface area contributed by atoms with Crippen molar-refractivity contribution in [1.82, 2.24) is 4.98 Å². The van der Waals surface area contributed by atoms with E-state index in [1.54, 1.807) is 12.3 Å². The van der Waals surface area contributed by atoms with Gasteiger partial charge in [0.1, 0.15) is 5.82 Å². The Morgan fingerprint density at radius 3 is 2.89 bits per heavy atom. The molecule has 1 aromatic heterocycles. The summed E-state index contributed by atoms with van der Waals surface area (Å²) in [6.07, 6.45) is 7.14.